The molecule has 8 bridgehead atoms. The molecule has 1 N–H and O–H groups in total. The minimum atomic E-state index is -0.313. The van der Waals surface area contributed by atoms with E-state index >= 15 is 0 Å². The largest absolute Gasteiger partial charge is 0.508 e. The molecule has 0 unspecified atom stereocenters. The maximum Gasteiger partial charge on any atom is 0.264 e. The van der Waals surface area contributed by atoms with Gasteiger partial charge in [-0.1, -0.05) is 30.3 Å². The molecule has 0 fully saturated rings. The van der Waals surface area contributed by atoms with Crippen molar-refractivity contribution in [2.24, 2.45) is 7.05 Å². The smallest absolute Gasteiger partial charge is 0.264 e. The molecule has 2 amide bonds. The first-order valence-corrected chi connectivity index (χ1v) is 16.2. The first-order chi connectivity index (χ1) is 23.2. The van der Waals surface area contributed by atoms with Gasteiger partial charge in [0.2, 0.25) is 5.82 Å². The Morgan fingerprint density at radius 2 is 1.69 bits per heavy atom. The molecular weight excluding hydrogens is 626 g/mol. The van der Waals surface area contributed by atoms with Crippen LogP contribution in [0.2, 0.25) is 5.02 Å². The molecule has 5 heterocycles. The molecule has 0 spiro atoms. The molecular formula is C38H34ClN5O4. The Hall–Kier alpha value is -5.46. The van der Waals surface area contributed by atoms with Gasteiger partial charge in [0, 0.05) is 65.3 Å². The highest BCUT2D eigenvalue weighted by Gasteiger charge is 2.31. The summed E-state index contributed by atoms with van der Waals surface area (Å²) < 4.78 is 10.1. The summed E-state index contributed by atoms with van der Waals surface area (Å²) in [6.07, 6.45) is 1.30. The molecule has 8 rings (SSSR count). The van der Waals surface area contributed by atoms with Crippen molar-refractivity contribution in [2.75, 3.05) is 18.1 Å². The van der Waals surface area contributed by atoms with Gasteiger partial charge < -0.3 is 24.2 Å². The average molecular weight is 660 g/mol. The van der Waals surface area contributed by atoms with E-state index in [-0.39, 0.29) is 17.6 Å². The number of rotatable bonds is 1. The maximum atomic E-state index is 14.7. The van der Waals surface area contributed by atoms with E-state index in [2.05, 4.69) is 4.85 Å². The second kappa shape index (κ2) is 12.3. The summed E-state index contributed by atoms with van der Waals surface area (Å²) in [6.45, 7) is 13.7. The van der Waals surface area contributed by atoms with Gasteiger partial charge in [0.15, 0.2) is 0 Å². The van der Waals surface area contributed by atoms with Crippen LogP contribution in [0.3, 0.4) is 0 Å². The van der Waals surface area contributed by atoms with Crippen LogP contribution in [-0.2, 0) is 26.6 Å². The predicted molar refractivity (Wildman–Crippen MR) is 186 cm³/mol. The minimum Gasteiger partial charge on any atom is -0.508 e. The van der Waals surface area contributed by atoms with Crippen molar-refractivity contribution in [3.05, 3.63) is 123 Å². The van der Waals surface area contributed by atoms with Gasteiger partial charge in [-0.05, 0) is 86.5 Å². The number of phenols is 1. The number of hydrogen-bond acceptors (Lipinski definition) is 4. The number of aromatic nitrogens is 2. The van der Waals surface area contributed by atoms with Gasteiger partial charge >= 0.3 is 0 Å². The molecule has 3 aromatic carbocycles. The fraction of sp³-hybridized carbons (Fsp3) is 0.237. The fourth-order valence-electron chi connectivity index (χ4n) is 6.85. The monoisotopic (exact) mass is 659 g/mol. The number of amides is 2. The topological polar surface area (TPSA) is 84.3 Å². The second-order valence-electron chi connectivity index (χ2n) is 12.2. The quantitative estimate of drug-likeness (QED) is 0.185. The van der Waals surface area contributed by atoms with Gasteiger partial charge in [-0.2, -0.15) is 0 Å². The second-order valence-corrected chi connectivity index (χ2v) is 12.7. The van der Waals surface area contributed by atoms with Crippen molar-refractivity contribution in [2.45, 2.75) is 39.8 Å². The van der Waals surface area contributed by atoms with Gasteiger partial charge in [-0.15, -0.1) is 0 Å². The summed E-state index contributed by atoms with van der Waals surface area (Å²) in [5.41, 5.74) is 6.94. The summed E-state index contributed by atoms with van der Waals surface area (Å²) in [5.74, 6) is 0.866. The number of halogens is 1. The van der Waals surface area contributed by atoms with Gasteiger partial charge in [0.05, 0.1) is 24.4 Å². The Bertz CT molecular complexity index is 2140. The van der Waals surface area contributed by atoms with Crippen molar-refractivity contribution in [3.63, 3.8) is 0 Å². The predicted octanol–water partition coefficient (Wildman–Crippen LogP) is 7.98. The third-order valence-corrected chi connectivity index (χ3v) is 9.77. The van der Waals surface area contributed by atoms with Crippen LogP contribution in [0.25, 0.3) is 16.1 Å². The lowest BCUT2D eigenvalue weighted by atomic mass is 9.96. The van der Waals surface area contributed by atoms with Gasteiger partial charge in [0.1, 0.15) is 17.2 Å². The lowest BCUT2D eigenvalue weighted by Crippen LogP contribution is -2.36. The zero-order valence-corrected chi connectivity index (χ0v) is 27.7. The number of anilines is 2. The van der Waals surface area contributed by atoms with E-state index in [4.69, 9.17) is 22.9 Å². The lowest BCUT2D eigenvalue weighted by molar-refractivity contribution is 0.0734. The SMILES string of the molecule is [C-]#[N+]c1cc2c(C)n1CCCOc1cccc3c1CCN(C3)C(=O)c1ccc(Cl)cc1-c1cc(c(C)n1C)C(=O)N2c1ccc(O)cc1. The molecule has 10 heteroatoms. The van der Waals surface area contributed by atoms with Crippen LogP contribution >= 0.6 is 11.6 Å². The van der Waals surface area contributed by atoms with Crippen LogP contribution in [0, 0.1) is 20.4 Å². The molecule has 48 heavy (non-hydrogen) atoms. The van der Waals surface area contributed by atoms with E-state index in [0.29, 0.717) is 89.4 Å². The Morgan fingerprint density at radius 1 is 0.896 bits per heavy atom. The number of nitrogens with zero attached hydrogens (tertiary/aromatic N) is 5. The summed E-state index contributed by atoms with van der Waals surface area (Å²) >= 11 is 6.54. The molecule has 242 valence electrons. The fourth-order valence-corrected chi connectivity index (χ4v) is 7.02. The summed E-state index contributed by atoms with van der Waals surface area (Å²) in [5, 5.41) is 10.5. The lowest BCUT2D eigenvalue weighted by Gasteiger charge is -2.30. The molecule has 0 saturated heterocycles. The molecule has 3 aliphatic heterocycles. The van der Waals surface area contributed by atoms with E-state index in [0.717, 1.165) is 22.6 Å². The molecule has 0 radical (unpaired) electrons. The molecule has 3 aliphatic rings. The highest BCUT2D eigenvalue weighted by molar-refractivity contribution is 6.31. The number of fused-ring (bicyclic) bond motifs is 5. The van der Waals surface area contributed by atoms with Crippen LogP contribution in [-0.4, -0.2) is 44.1 Å². The van der Waals surface area contributed by atoms with Crippen LogP contribution in [0.15, 0.2) is 72.8 Å². The van der Waals surface area contributed by atoms with Crippen molar-refractivity contribution in [3.8, 4) is 22.8 Å². The zero-order valence-electron chi connectivity index (χ0n) is 27.0. The molecule has 2 aromatic heterocycles. The minimum absolute atomic E-state index is 0.0719. The molecule has 9 nitrogen and oxygen atoms in total. The first-order valence-electron chi connectivity index (χ1n) is 15.9. The van der Waals surface area contributed by atoms with E-state index in [1.54, 1.807) is 41.3 Å². The van der Waals surface area contributed by atoms with Crippen LogP contribution in [0.1, 0.15) is 49.7 Å². The first kappa shape index (κ1) is 31.2. The Balaban J connectivity index is 1.43. The third-order valence-electron chi connectivity index (χ3n) is 9.53. The highest BCUT2D eigenvalue weighted by Crippen LogP contribution is 2.39. The van der Waals surface area contributed by atoms with Crippen molar-refractivity contribution < 1.29 is 19.4 Å². The molecule has 0 aliphatic carbocycles. The Labute approximate surface area is 284 Å². The highest BCUT2D eigenvalue weighted by atomic mass is 35.5. The van der Waals surface area contributed by atoms with Gasteiger partial charge in [0.25, 0.3) is 11.8 Å². The number of hydrogen-bond donors (Lipinski definition) is 1. The van der Waals surface area contributed by atoms with Crippen molar-refractivity contribution in [1.82, 2.24) is 14.0 Å². The van der Waals surface area contributed by atoms with E-state index in [1.165, 1.54) is 12.1 Å². The number of aromatic hydroxyl groups is 1. The molecule has 0 atom stereocenters. The summed E-state index contributed by atoms with van der Waals surface area (Å²) in [7, 11) is 1.87. The normalized spacial score (nSPS) is 14.8. The maximum absolute atomic E-state index is 14.7. The summed E-state index contributed by atoms with van der Waals surface area (Å²) in [6, 6.07) is 21.2. The molecule has 5 aromatic rings. The van der Waals surface area contributed by atoms with Crippen molar-refractivity contribution in [1.29, 1.82) is 0 Å². The van der Waals surface area contributed by atoms with Crippen LogP contribution in [0.4, 0.5) is 17.2 Å². The van der Waals surface area contributed by atoms with Gasteiger partial charge in [-0.3, -0.25) is 19.1 Å². The van der Waals surface area contributed by atoms with Crippen LogP contribution < -0.4 is 9.64 Å². The number of ether oxygens (including phenoxy) is 1. The van der Waals surface area contributed by atoms with Crippen molar-refractivity contribution >= 4 is 40.6 Å². The zero-order chi connectivity index (χ0) is 33.7. The Kier molecular flexibility index (Phi) is 7.98. The number of carbonyl (C=O) groups excluding carboxylic acids is 2. The van der Waals surface area contributed by atoms with E-state index < -0.39 is 0 Å². The van der Waals surface area contributed by atoms with E-state index in [9.17, 15) is 14.7 Å². The third kappa shape index (κ3) is 5.28. The number of carbonyl (C=O) groups is 2. The molecule has 0 saturated carbocycles. The summed E-state index contributed by atoms with van der Waals surface area (Å²) in [4.78, 5) is 36.2. The standard InChI is InChI=1S/C38H34ClN5O4/c1-23-31-20-34(41(23)4)32-19-26(39)9-14-30(32)37(46)42-17-15-29-25(22-42)7-5-8-35(29)48-18-6-16-43-24(2)33(21-36(43)40-3)44(38(31)47)27-10-12-28(45)13-11-27/h5,7-14,19-21,45H,6,15-18,22H2,1-2,4H3. The van der Waals surface area contributed by atoms with E-state index in [1.807, 2.05) is 59.2 Å². The van der Waals surface area contributed by atoms with Crippen LogP contribution in [0.5, 0.6) is 11.5 Å². The number of phenolic OH excluding ortho intramolecular Hbond substituents is 1. The van der Waals surface area contributed by atoms with Gasteiger partial charge in [-0.25, -0.2) is 0 Å². The Morgan fingerprint density at radius 3 is 2.46 bits per heavy atom. The number of benzene rings is 3. The average Bonchev–Trinajstić information content (AvgIpc) is 3.57.